The lowest BCUT2D eigenvalue weighted by Gasteiger charge is -2.03. The monoisotopic (exact) mass is 328 g/mol. The summed E-state index contributed by atoms with van der Waals surface area (Å²) in [4.78, 5) is 2.25. The van der Waals surface area contributed by atoms with E-state index in [0.29, 0.717) is 15.6 Å². The van der Waals surface area contributed by atoms with Gasteiger partial charge in [0, 0.05) is 10.6 Å². The van der Waals surface area contributed by atoms with E-state index in [1.165, 1.54) is 18.3 Å². The van der Waals surface area contributed by atoms with Crippen LogP contribution < -0.4 is 4.83 Å². The summed E-state index contributed by atoms with van der Waals surface area (Å²) in [5.41, 5.74) is 0.562. The van der Waals surface area contributed by atoms with Crippen molar-refractivity contribution in [1.29, 1.82) is 0 Å². The molecule has 0 aliphatic rings. The van der Waals surface area contributed by atoms with Crippen LogP contribution in [-0.4, -0.2) is 14.6 Å². The Morgan fingerprint density at radius 1 is 1.05 bits per heavy atom. The number of hydrogen-bond acceptors (Lipinski definition) is 3. The fourth-order valence-electron chi connectivity index (χ4n) is 1.42. The highest BCUT2D eigenvalue weighted by atomic mass is 35.5. The largest absolute Gasteiger partial charge is 0.276 e. The fourth-order valence-corrected chi connectivity index (χ4v) is 2.69. The van der Waals surface area contributed by atoms with E-state index in [9.17, 15) is 8.42 Å². The number of hydrazone groups is 1. The van der Waals surface area contributed by atoms with E-state index in [0.717, 1.165) is 0 Å². The van der Waals surface area contributed by atoms with Crippen LogP contribution in [-0.2, 0) is 10.0 Å². The molecule has 0 radical (unpaired) electrons. The van der Waals surface area contributed by atoms with Crippen molar-refractivity contribution in [3.8, 4) is 0 Å². The Morgan fingerprint density at radius 3 is 2.40 bits per heavy atom. The normalized spacial score (nSPS) is 11.7. The Kier molecular flexibility index (Phi) is 4.65. The molecule has 104 valence electrons. The van der Waals surface area contributed by atoms with Crippen molar-refractivity contribution in [2.24, 2.45) is 5.10 Å². The highest BCUT2D eigenvalue weighted by molar-refractivity contribution is 7.89. The Morgan fingerprint density at radius 2 is 1.75 bits per heavy atom. The number of benzene rings is 2. The maximum atomic E-state index is 11.9. The van der Waals surface area contributed by atoms with Crippen LogP contribution in [0.4, 0.5) is 0 Å². The molecule has 0 saturated carbocycles. The molecule has 0 atom stereocenters. The maximum Gasteiger partial charge on any atom is 0.276 e. The molecular weight excluding hydrogens is 319 g/mol. The third-order valence-corrected chi connectivity index (χ3v) is 4.19. The van der Waals surface area contributed by atoms with Crippen LogP contribution in [0.1, 0.15) is 5.56 Å². The van der Waals surface area contributed by atoms with Gasteiger partial charge < -0.3 is 0 Å². The lowest BCUT2D eigenvalue weighted by atomic mass is 10.2. The van der Waals surface area contributed by atoms with Gasteiger partial charge in [-0.1, -0.05) is 47.5 Å². The van der Waals surface area contributed by atoms with E-state index in [1.54, 1.807) is 36.4 Å². The number of halogens is 2. The summed E-state index contributed by atoms with van der Waals surface area (Å²) in [7, 11) is -3.67. The molecule has 0 saturated heterocycles. The van der Waals surface area contributed by atoms with Gasteiger partial charge in [-0.25, -0.2) is 4.83 Å². The second-order valence-corrected chi connectivity index (χ2v) is 6.34. The van der Waals surface area contributed by atoms with E-state index in [2.05, 4.69) is 9.93 Å². The zero-order valence-electron chi connectivity index (χ0n) is 10.1. The van der Waals surface area contributed by atoms with E-state index in [1.807, 2.05) is 0 Å². The van der Waals surface area contributed by atoms with Gasteiger partial charge in [0.2, 0.25) is 0 Å². The van der Waals surface area contributed by atoms with Gasteiger partial charge >= 0.3 is 0 Å². The summed E-state index contributed by atoms with van der Waals surface area (Å²) in [5, 5.41) is 4.58. The maximum absolute atomic E-state index is 11.9. The van der Waals surface area contributed by atoms with Gasteiger partial charge in [0.15, 0.2) is 0 Å². The Hall–Kier alpha value is -1.56. The molecule has 0 bridgehead atoms. The van der Waals surface area contributed by atoms with Crippen molar-refractivity contribution in [3.63, 3.8) is 0 Å². The van der Waals surface area contributed by atoms with Crippen LogP contribution in [0.5, 0.6) is 0 Å². The molecular formula is C13H10Cl2N2O2S. The molecule has 2 aromatic carbocycles. The Labute approximate surface area is 127 Å². The minimum atomic E-state index is -3.67. The predicted molar refractivity (Wildman–Crippen MR) is 80.8 cm³/mol. The van der Waals surface area contributed by atoms with Crippen molar-refractivity contribution in [2.45, 2.75) is 4.90 Å². The average molecular weight is 329 g/mol. The molecule has 2 aromatic rings. The summed E-state index contributed by atoms with van der Waals surface area (Å²) in [6, 6.07) is 12.8. The first-order chi connectivity index (χ1) is 9.49. The van der Waals surface area contributed by atoms with Gasteiger partial charge in [0.1, 0.15) is 0 Å². The van der Waals surface area contributed by atoms with Crippen LogP contribution in [0.15, 0.2) is 58.5 Å². The quantitative estimate of drug-likeness (QED) is 0.691. The number of hydrogen-bond donors (Lipinski definition) is 1. The van der Waals surface area contributed by atoms with Crippen molar-refractivity contribution in [3.05, 3.63) is 64.1 Å². The third kappa shape index (κ3) is 3.72. The molecule has 0 fully saturated rings. The lowest BCUT2D eigenvalue weighted by molar-refractivity contribution is 0.584. The molecule has 0 unspecified atom stereocenters. The lowest BCUT2D eigenvalue weighted by Crippen LogP contribution is -2.18. The van der Waals surface area contributed by atoms with Gasteiger partial charge in [-0.3, -0.25) is 0 Å². The van der Waals surface area contributed by atoms with Gasteiger partial charge in [-0.15, -0.1) is 0 Å². The first kappa shape index (κ1) is 14.8. The van der Waals surface area contributed by atoms with Crippen LogP contribution >= 0.6 is 23.2 Å². The molecule has 0 amide bonds. The molecule has 2 rings (SSSR count). The van der Waals surface area contributed by atoms with Crippen molar-refractivity contribution in [1.82, 2.24) is 4.83 Å². The van der Waals surface area contributed by atoms with Crippen LogP contribution in [0.25, 0.3) is 0 Å². The number of nitrogens with zero attached hydrogens (tertiary/aromatic N) is 1. The molecule has 0 heterocycles. The van der Waals surface area contributed by atoms with E-state index in [-0.39, 0.29) is 4.90 Å². The Balaban J connectivity index is 2.14. The fraction of sp³-hybridized carbons (Fsp3) is 0. The average Bonchev–Trinajstić information content (AvgIpc) is 2.42. The molecule has 4 nitrogen and oxygen atoms in total. The first-order valence-corrected chi connectivity index (χ1v) is 7.78. The van der Waals surface area contributed by atoms with Crippen molar-refractivity contribution >= 4 is 39.4 Å². The Bertz CT molecular complexity index is 731. The highest BCUT2D eigenvalue weighted by Gasteiger charge is 2.11. The van der Waals surface area contributed by atoms with Gasteiger partial charge in [-0.05, 0) is 24.3 Å². The molecule has 0 spiro atoms. The SMILES string of the molecule is O=S(=O)(N/N=C\c1ccc(Cl)cc1Cl)c1ccccc1. The first-order valence-electron chi connectivity index (χ1n) is 5.54. The standard InChI is InChI=1S/C13H10Cl2N2O2S/c14-11-7-6-10(13(15)8-11)9-16-17-20(18,19)12-4-2-1-3-5-12/h1-9,17H/b16-9-. The number of sulfonamides is 1. The second-order valence-electron chi connectivity index (χ2n) is 3.83. The molecule has 1 N–H and O–H groups in total. The zero-order valence-corrected chi connectivity index (χ0v) is 12.5. The summed E-state index contributed by atoms with van der Waals surface area (Å²) in [5.74, 6) is 0. The van der Waals surface area contributed by atoms with E-state index in [4.69, 9.17) is 23.2 Å². The van der Waals surface area contributed by atoms with Crippen molar-refractivity contribution in [2.75, 3.05) is 0 Å². The zero-order chi connectivity index (χ0) is 14.6. The molecule has 20 heavy (non-hydrogen) atoms. The number of rotatable bonds is 4. The predicted octanol–water partition coefficient (Wildman–Crippen LogP) is 3.31. The minimum absolute atomic E-state index is 0.138. The van der Waals surface area contributed by atoms with Crippen molar-refractivity contribution < 1.29 is 8.42 Å². The van der Waals surface area contributed by atoms with Crippen LogP contribution in [0.2, 0.25) is 10.0 Å². The molecule has 0 aliphatic carbocycles. The van der Waals surface area contributed by atoms with Gasteiger partial charge in [-0.2, -0.15) is 13.5 Å². The smallest absolute Gasteiger partial charge is 0.200 e. The second kappa shape index (κ2) is 6.26. The summed E-state index contributed by atoms with van der Waals surface area (Å²) in [6.07, 6.45) is 1.32. The molecule has 0 aromatic heterocycles. The summed E-state index contributed by atoms with van der Waals surface area (Å²) < 4.78 is 23.8. The van der Waals surface area contributed by atoms with E-state index >= 15 is 0 Å². The minimum Gasteiger partial charge on any atom is -0.200 e. The van der Waals surface area contributed by atoms with Crippen LogP contribution in [0.3, 0.4) is 0 Å². The summed E-state index contributed by atoms with van der Waals surface area (Å²) >= 11 is 11.7. The summed E-state index contributed by atoms with van der Waals surface area (Å²) in [6.45, 7) is 0. The highest BCUT2D eigenvalue weighted by Crippen LogP contribution is 2.19. The van der Waals surface area contributed by atoms with E-state index < -0.39 is 10.0 Å². The number of nitrogens with one attached hydrogen (secondary N) is 1. The van der Waals surface area contributed by atoms with Crippen LogP contribution in [0, 0.1) is 0 Å². The third-order valence-electron chi connectivity index (χ3n) is 2.39. The molecule has 7 heteroatoms. The topological polar surface area (TPSA) is 58.5 Å². The van der Waals surface area contributed by atoms with Gasteiger partial charge in [0.25, 0.3) is 10.0 Å². The molecule has 0 aliphatic heterocycles. The van der Waals surface area contributed by atoms with Gasteiger partial charge in [0.05, 0.1) is 16.1 Å².